The van der Waals surface area contributed by atoms with E-state index in [1.54, 1.807) is 9.80 Å². The maximum absolute atomic E-state index is 5.88. The molecule has 2 aliphatic heterocycles. The van der Waals surface area contributed by atoms with Crippen LogP contribution in [0.4, 0.5) is 0 Å². The number of pyridine rings is 1. The lowest BCUT2D eigenvalue weighted by Crippen LogP contribution is -3.22. The van der Waals surface area contributed by atoms with E-state index in [2.05, 4.69) is 31.0 Å². The molecule has 3 heterocycles. The van der Waals surface area contributed by atoms with E-state index >= 15 is 0 Å². The van der Waals surface area contributed by atoms with E-state index in [-0.39, 0.29) is 0 Å². The van der Waals surface area contributed by atoms with Gasteiger partial charge in [-0.2, -0.15) is 0 Å². The number of nitrogens with zero attached hydrogens (tertiary/aromatic N) is 1. The standard InChI is InChI=1S/C17H27N3O/c1-14-11-20(12-15(2)21-14)17-5-9-19(10-6-17)13-16-3-7-18-8-4-16/h3-4,7-8,14-15,17H,5-6,9-13H2,1-2H3/p+2/t14-,15-/m1/s1. The average Bonchev–Trinajstić information content (AvgIpc) is 2.48. The molecular weight excluding hydrogens is 262 g/mol. The SMILES string of the molecule is C[C@@H]1C[NH+](C2CC[NH+](Cc3ccncc3)CC2)C[C@@H](C)O1. The van der Waals surface area contributed by atoms with Crippen molar-refractivity contribution in [3.63, 3.8) is 0 Å². The predicted molar refractivity (Wildman–Crippen MR) is 82.4 cm³/mol. The maximum atomic E-state index is 5.88. The van der Waals surface area contributed by atoms with Crippen LogP contribution in [0.5, 0.6) is 0 Å². The fourth-order valence-corrected chi connectivity index (χ4v) is 4.05. The van der Waals surface area contributed by atoms with Crippen LogP contribution in [0.25, 0.3) is 0 Å². The van der Waals surface area contributed by atoms with Crippen molar-refractivity contribution in [1.29, 1.82) is 0 Å². The van der Waals surface area contributed by atoms with Crippen LogP contribution in [0.2, 0.25) is 0 Å². The van der Waals surface area contributed by atoms with Gasteiger partial charge in [0, 0.05) is 30.8 Å². The summed E-state index contributed by atoms with van der Waals surface area (Å²) in [6.45, 7) is 10.6. The molecule has 21 heavy (non-hydrogen) atoms. The Morgan fingerprint density at radius 2 is 1.71 bits per heavy atom. The number of nitrogens with one attached hydrogen (secondary N) is 2. The summed E-state index contributed by atoms with van der Waals surface area (Å²) >= 11 is 0. The first-order valence-corrected chi connectivity index (χ1v) is 8.43. The molecule has 0 aliphatic carbocycles. The Labute approximate surface area is 128 Å². The van der Waals surface area contributed by atoms with Crippen LogP contribution in [-0.4, -0.2) is 49.4 Å². The molecule has 0 spiro atoms. The van der Waals surface area contributed by atoms with Gasteiger partial charge in [0.1, 0.15) is 31.8 Å². The second-order valence-corrected chi connectivity index (χ2v) is 6.88. The molecule has 0 amide bonds. The summed E-state index contributed by atoms with van der Waals surface area (Å²) in [5.74, 6) is 0. The molecule has 1 aromatic heterocycles. The highest BCUT2D eigenvalue weighted by atomic mass is 16.5. The van der Waals surface area contributed by atoms with Gasteiger partial charge in [-0.3, -0.25) is 4.98 Å². The lowest BCUT2D eigenvalue weighted by Gasteiger charge is -2.39. The van der Waals surface area contributed by atoms with Gasteiger partial charge in [0.25, 0.3) is 0 Å². The second-order valence-electron chi connectivity index (χ2n) is 6.88. The minimum absolute atomic E-state index is 0.422. The molecule has 2 N–H and O–H groups in total. The van der Waals surface area contributed by atoms with Crippen molar-refractivity contribution in [1.82, 2.24) is 4.98 Å². The van der Waals surface area contributed by atoms with Crippen LogP contribution in [0.1, 0.15) is 32.3 Å². The number of likely N-dealkylation sites (tertiary alicyclic amines) is 1. The summed E-state index contributed by atoms with van der Waals surface area (Å²) in [5, 5.41) is 0. The minimum Gasteiger partial charge on any atom is -0.364 e. The number of hydrogen-bond acceptors (Lipinski definition) is 2. The van der Waals surface area contributed by atoms with Crippen molar-refractivity contribution in [3.8, 4) is 0 Å². The number of piperidine rings is 1. The van der Waals surface area contributed by atoms with Gasteiger partial charge in [-0.15, -0.1) is 0 Å². The third-order valence-electron chi connectivity index (χ3n) is 5.04. The summed E-state index contributed by atoms with van der Waals surface area (Å²) in [6, 6.07) is 5.14. The molecule has 0 saturated carbocycles. The Morgan fingerprint density at radius 1 is 1.10 bits per heavy atom. The summed E-state index contributed by atoms with van der Waals surface area (Å²) in [7, 11) is 0. The van der Waals surface area contributed by atoms with Gasteiger partial charge < -0.3 is 14.5 Å². The van der Waals surface area contributed by atoms with E-state index in [0.717, 1.165) is 12.6 Å². The monoisotopic (exact) mass is 291 g/mol. The molecule has 1 aromatic rings. The largest absolute Gasteiger partial charge is 0.364 e. The fraction of sp³-hybridized carbons (Fsp3) is 0.706. The zero-order valence-corrected chi connectivity index (χ0v) is 13.3. The molecule has 0 bridgehead atoms. The van der Waals surface area contributed by atoms with Gasteiger partial charge >= 0.3 is 0 Å². The number of hydrogen-bond donors (Lipinski definition) is 2. The van der Waals surface area contributed by atoms with E-state index in [1.165, 1.54) is 44.6 Å². The number of rotatable bonds is 3. The Bertz CT molecular complexity index is 421. The molecular formula is C17H29N3O+2. The number of quaternary nitrogens is 2. The summed E-state index contributed by atoms with van der Waals surface area (Å²) in [6.07, 6.45) is 7.37. The van der Waals surface area contributed by atoms with Gasteiger partial charge in [-0.1, -0.05) is 0 Å². The summed E-state index contributed by atoms with van der Waals surface area (Å²) < 4.78 is 5.88. The van der Waals surface area contributed by atoms with Crippen LogP contribution in [0.3, 0.4) is 0 Å². The summed E-state index contributed by atoms with van der Waals surface area (Å²) in [5.41, 5.74) is 1.42. The van der Waals surface area contributed by atoms with E-state index in [4.69, 9.17) is 4.74 Å². The van der Waals surface area contributed by atoms with E-state index in [1.807, 2.05) is 12.4 Å². The van der Waals surface area contributed by atoms with Gasteiger partial charge in [0.05, 0.1) is 19.1 Å². The van der Waals surface area contributed by atoms with E-state index in [9.17, 15) is 0 Å². The number of morpholine rings is 1. The number of aromatic nitrogens is 1. The minimum atomic E-state index is 0.422. The normalized spacial score (nSPS) is 37.3. The molecule has 0 aromatic carbocycles. The summed E-state index contributed by atoms with van der Waals surface area (Å²) in [4.78, 5) is 7.61. The smallest absolute Gasteiger partial charge is 0.104 e. The third kappa shape index (κ3) is 4.02. The Kier molecular flexibility index (Phi) is 4.88. The maximum Gasteiger partial charge on any atom is 0.104 e. The first-order valence-electron chi connectivity index (χ1n) is 8.43. The quantitative estimate of drug-likeness (QED) is 0.773. The molecule has 2 aliphatic rings. The average molecular weight is 291 g/mol. The molecule has 2 atom stereocenters. The zero-order chi connectivity index (χ0) is 14.7. The van der Waals surface area contributed by atoms with Crippen molar-refractivity contribution < 1.29 is 14.5 Å². The van der Waals surface area contributed by atoms with Crippen molar-refractivity contribution in [2.45, 2.75) is 51.5 Å². The number of ether oxygens (including phenoxy) is 1. The van der Waals surface area contributed by atoms with E-state index < -0.39 is 0 Å². The van der Waals surface area contributed by atoms with Crippen LogP contribution in [-0.2, 0) is 11.3 Å². The highest BCUT2D eigenvalue weighted by molar-refractivity contribution is 5.07. The Hall–Kier alpha value is -0.970. The molecule has 2 saturated heterocycles. The van der Waals surface area contributed by atoms with Gasteiger partial charge in [0.15, 0.2) is 0 Å². The van der Waals surface area contributed by atoms with Crippen LogP contribution < -0.4 is 9.80 Å². The highest BCUT2D eigenvalue weighted by Crippen LogP contribution is 2.04. The molecule has 0 radical (unpaired) electrons. The Balaban J connectivity index is 1.48. The molecule has 2 fully saturated rings. The van der Waals surface area contributed by atoms with E-state index in [0.29, 0.717) is 12.2 Å². The van der Waals surface area contributed by atoms with Crippen molar-refractivity contribution in [3.05, 3.63) is 30.1 Å². The molecule has 0 unspecified atom stereocenters. The lowest BCUT2D eigenvalue weighted by molar-refractivity contribution is -0.970. The van der Waals surface area contributed by atoms with Gasteiger partial charge in [-0.05, 0) is 26.0 Å². The predicted octanol–water partition coefficient (Wildman–Crippen LogP) is -0.679. The van der Waals surface area contributed by atoms with Crippen LogP contribution >= 0.6 is 0 Å². The topological polar surface area (TPSA) is 31.0 Å². The van der Waals surface area contributed by atoms with Crippen molar-refractivity contribution >= 4 is 0 Å². The van der Waals surface area contributed by atoms with Crippen molar-refractivity contribution in [2.24, 2.45) is 0 Å². The molecule has 3 rings (SSSR count). The third-order valence-corrected chi connectivity index (χ3v) is 5.04. The van der Waals surface area contributed by atoms with Crippen LogP contribution in [0.15, 0.2) is 24.5 Å². The van der Waals surface area contributed by atoms with Gasteiger partial charge in [-0.25, -0.2) is 0 Å². The second kappa shape index (κ2) is 6.86. The molecule has 4 nitrogen and oxygen atoms in total. The van der Waals surface area contributed by atoms with Gasteiger partial charge in [0.2, 0.25) is 0 Å². The van der Waals surface area contributed by atoms with Crippen LogP contribution in [0, 0.1) is 0 Å². The fourth-order valence-electron chi connectivity index (χ4n) is 4.05. The first-order chi connectivity index (χ1) is 10.2. The first kappa shape index (κ1) is 14.9. The lowest BCUT2D eigenvalue weighted by atomic mass is 10.0. The molecule has 4 heteroatoms. The zero-order valence-electron chi connectivity index (χ0n) is 13.3. The molecule has 116 valence electrons. The Morgan fingerprint density at radius 3 is 2.33 bits per heavy atom. The highest BCUT2D eigenvalue weighted by Gasteiger charge is 2.34. The van der Waals surface area contributed by atoms with Crippen molar-refractivity contribution in [2.75, 3.05) is 26.2 Å².